The van der Waals surface area contributed by atoms with Crippen LogP contribution in [0.3, 0.4) is 0 Å². The smallest absolute Gasteiger partial charge is 0.271 e. The quantitative estimate of drug-likeness (QED) is 0.295. The average molecular weight is 556 g/mol. The molecular weight excluding hydrogens is 525 g/mol. The van der Waals surface area contributed by atoms with Crippen molar-refractivity contribution in [1.82, 2.24) is 15.2 Å². The summed E-state index contributed by atoms with van der Waals surface area (Å²) in [6, 6.07) is 23.3. The molecule has 2 aliphatic rings. The molecule has 2 aliphatic heterocycles. The number of benzene rings is 3. The number of aromatic amines is 1. The van der Waals surface area contributed by atoms with E-state index < -0.39 is 11.9 Å². The molecule has 1 fully saturated rings. The Bertz CT molecular complexity index is 1520. The van der Waals surface area contributed by atoms with Crippen LogP contribution < -0.4 is 14.8 Å². The number of carbonyl (C=O) groups is 2. The number of halogens is 1. The van der Waals surface area contributed by atoms with E-state index in [-0.39, 0.29) is 31.3 Å². The first-order chi connectivity index (χ1) is 20.0. The zero-order chi connectivity index (χ0) is 28.2. The van der Waals surface area contributed by atoms with Crippen molar-refractivity contribution in [2.24, 2.45) is 0 Å². The number of nitrogens with one attached hydrogen (secondary N) is 2. The summed E-state index contributed by atoms with van der Waals surface area (Å²) in [6.07, 6.45) is 1.71. The maximum Gasteiger partial charge on any atom is 0.271 e. The minimum absolute atomic E-state index is 0.0809. The Labute approximate surface area is 237 Å². The van der Waals surface area contributed by atoms with E-state index in [0.717, 1.165) is 29.7 Å². The van der Waals surface area contributed by atoms with E-state index in [1.807, 2.05) is 42.5 Å². The number of aromatic nitrogens is 1. The van der Waals surface area contributed by atoms with Crippen molar-refractivity contribution >= 4 is 11.8 Å². The summed E-state index contributed by atoms with van der Waals surface area (Å²) < 4.78 is 30.6. The Morgan fingerprint density at radius 2 is 1.78 bits per heavy atom. The van der Waals surface area contributed by atoms with Gasteiger partial charge in [0.2, 0.25) is 12.7 Å². The Balaban J connectivity index is 1.37. The lowest BCUT2D eigenvalue weighted by Gasteiger charge is -2.31. The molecule has 0 aliphatic carbocycles. The predicted octanol–water partition coefficient (Wildman–Crippen LogP) is 5.23. The van der Waals surface area contributed by atoms with Crippen LogP contribution in [0.25, 0.3) is 11.3 Å². The fraction of sp³-hybridized carbons (Fsp3) is 0.250. The lowest BCUT2D eigenvalue weighted by molar-refractivity contribution is -0.126. The van der Waals surface area contributed by atoms with Gasteiger partial charge in [-0.1, -0.05) is 48.5 Å². The Kier molecular flexibility index (Phi) is 7.69. The number of rotatable bonds is 9. The van der Waals surface area contributed by atoms with Gasteiger partial charge >= 0.3 is 0 Å². The number of amides is 2. The van der Waals surface area contributed by atoms with Crippen LogP contribution in [0.1, 0.15) is 40.5 Å². The maximum absolute atomic E-state index is 14.2. The average Bonchev–Trinajstić information content (AvgIpc) is 3.79. The number of fused-ring (bicyclic) bond motifs is 1. The predicted molar refractivity (Wildman–Crippen MR) is 150 cm³/mol. The summed E-state index contributed by atoms with van der Waals surface area (Å²) in [5.74, 6) is -0.00421. The lowest BCUT2D eigenvalue weighted by Crippen LogP contribution is -2.45. The van der Waals surface area contributed by atoms with Gasteiger partial charge < -0.3 is 29.4 Å². The summed E-state index contributed by atoms with van der Waals surface area (Å²) in [7, 11) is 0. The molecule has 2 unspecified atom stereocenters. The largest absolute Gasteiger partial charge is 0.454 e. The van der Waals surface area contributed by atoms with Crippen molar-refractivity contribution in [1.29, 1.82) is 0 Å². The van der Waals surface area contributed by atoms with E-state index in [2.05, 4.69) is 10.3 Å². The highest BCUT2D eigenvalue weighted by atomic mass is 19.1. The molecule has 2 amide bonds. The summed E-state index contributed by atoms with van der Waals surface area (Å²) >= 11 is 0. The molecule has 41 heavy (non-hydrogen) atoms. The summed E-state index contributed by atoms with van der Waals surface area (Å²) in [4.78, 5) is 32.8. The number of ether oxygens (including phenoxy) is 3. The highest BCUT2D eigenvalue weighted by Crippen LogP contribution is 2.34. The lowest BCUT2D eigenvalue weighted by atomic mass is 10.0. The molecule has 6 rings (SSSR count). The number of hydrogen-bond donors (Lipinski definition) is 2. The number of H-pyrrole nitrogens is 1. The van der Waals surface area contributed by atoms with Crippen molar-refractivity contribution in [3.63, 3.8) is 0 Å². The van der Waals surface area contributed by atoms with Crippen LogP contribution in [-0.2, 0) is 16.1 Å². The molecule has 2 atom stereocenters. The van der Waals surface area contributed by atoms with Gasteiger partial charge in [-0.25, -0.2) is 4.39 Å². The third-order valence-electron chi connectivity index (χ3n) is 7.33. The van der Waals surface area contributed by atoms with E-state index in [0.29, 0.717) is 35.9 Å². The second kappa shape index (κ2) is 11.9. The summed E-state index contributed by atoms with van der Waals surface area (Å²) in [6.45, 7) is 1.19. The molecule has 2 N–H and O–H groups in total. The fourth-order valence-corrected chi connectivity index (χ4v) is 5.21. The van der Waals surface area contributed by atoms with Gasteiger partial charge in [-0.2, -0.15) is 0 Å². The molecule has 0 bridgehead atoms. The molecule has 0 radical (unpaired) electrons. The zero-order valence-corrected chi connectivity index (χ0v) is 22.3. The summed E-state index contributed by atoms with van der Waals surface area (Å²) in [5, 5.41) is 2.98. The first kappa shape index (κ1) is 26.6. The van der Waals surface area contributed by atoms with Crippen molar-refractivity contribution in [3.05, 3.63) is 108 Å². The first-order valence-corrected chi connectivity index (χ1v) is 13.6. The molecule has 9 heteroatoms. The SMILES string of the molecule is O=C(NCC1CCCO1)C(c1ccc(F)cc1)N(Cc1ccc2c(c1)OCO2)C(=O)c1ccc(-c2ccccc2)[nH]1. The zero-order valence-electron chi connectivity index (χ0n) is 22.3. The molecule has 1 aromatic heterocycles. The van der Waals surface area contributed by atoms with Gasteiger partial charge in [0.15, 0.2) is 11.5 Å². The second-order valence-corrected chi connectivity index (χ2v) is 10.1. The summed E-state index contributed by atoms with van der Waals surface area (Å²) in [5.41, 5.74) is 3.26. The van der Waals surface area contributed by atoms with E-state index >= 15 is 0 Å². The highest BCUT2D eigenvalue weighted by Gasteiger charge is 2.34. The highest BCUT2D eigenvalue weighted by molar-refractivity contribution is 5.97. The van der Waals surface area contributed by atoms with Crippen molar-refractivity contribution in [2.45, 2.75) is 31.5 Å². The van der Waals surface area contributed by atoms with Gasteiger partial charge in [0.25, 0.3) is 5.91 Å². The van der Waals surface area contributed by atoms with Gasteiger partial charge in [-0.3, -0.25) is 9.59 Å². The van der Waals surface area contributed by atoms with Crippen LogP contribution in [0.4, 0.5) is 4.39 Å². The monoisotopic (exact) mass is 555 g/mol. The molecule has 8 nitrogen and oxygen atoms in total. The van der Waals surface area contributed by atoms with Crippen molar-refractivity contribution in [3.8, 4) is 22.8 Å². The van der Waals surface area contributed by atoms with Gasteiger partial charge in [0.1, 0.15) is 17.6 Å². The standard InChI is InChI=1S/C32H30FN3O5/c33-24-11-9-23(10-12-24)30(31(37)34-18-25-7-4-16-39-25)36(19-21-8-15-28-29(17-21)41-20-40-28)32(38)27-14-13-26(35-27)22-5-2-1-3-6-22/h1-3,5-6,8-15,17,25,30,35H,4,7,16,18-20H2,(H,34,37). The molecular formula is C32H30FN3O5. The number of hydrogen-bond acceptors (Lipinski definition) is 5. The van der Waals surface area contributed by atoms with Gasteiger partial charge in [-0.15, -0.1) is 0 Å². The Morgan fingerprint density at radius 1 is 0.976 bits per heavy atom. The maximum atomic E-state index is 14.2. The van der Waals surface area contributed by atoms with Crippen LogP contribution in [0, 0.1) is 5.82 Å². The number of nitrogens with zero attached hydrogens (tertiary/aromatic N) is 1. The van der Waals surface area contributed by atoms with E-state index in [9.17, 15) is 14.0 Å². The molecule has 210 valence electrons. The van der Waals surface area contributed by atoms with Crippen LogP contribution in [0.5, 0.6) is 11.5 Å². The van der Waals surface area contributed by atoms with Gasteiger partial charge in [0.05, 0.1) is 6.10 Å². The molecule has 1 saturated heterocycles. The molecule has 3 heterocycles. The van der Waals surface area contributed by atoms with Gasteiger partial charge in [0, 0.05) is 25.4 Å². The third-order valence-corrected chi connectivity index (χ3v) is 7.33. The number of carbonyl (C=O) groups excluding carboxylic acids is 2. The van der Waals surface area contributed by atoms with Crippen LogP contribution >= 0.6 is 0 Å². The van der Waals surface area contributed by atoms with Crippen molar-refractivity contribution in [2.75, 3.05) is 19.9 Å². The van der Waals surface area contributed by atoms with Crippen molar-refractivity contribution < 1.29 is 28.2 Å². The van der Waals surface area contributed by atoms with E-state index in [4.69, 9.17) is 14.2 Å². The second-order valence-electron chi connectivity index (χ2n) is 10.1. The fourth-order valence-electron chi connectivity index (χ4n) is 5.21. The minimum atomic E-state index is -1.04. The van der Waals surface area contributed by atoms with Crippen LogP contribution in [0.2, 0.25) is 0 Å². The van der Waals surface area contributed by atoms with Crippen LogP contribution in [-0.4, -0.2) is 47.7 Å². The molecule has 0 saturated carbocycles. The van der Waals surface area contributed by atoms with E-state index in [1.165, 1.54) is 29.2 Å². The molecule has 0 spiro atoms. The topological polar surface area (TPSA) is 92.9 Å². The van der Waals surface area contributed by atoms with Gasteiger partial charge in [-0.05, 0) is 65.9 Å². The normalized spacial score (nSPS) is 16.4. The first-order valence-electron chi connectivity index (χ1n) is 13.6. The minimum Gasteiger partial charge on any atom is -0.454 e. The van der Waals surface area contributed by atoms with Crippen LogP contribution in [0.15, 0.2) is 84.9 Å². The molecule has 4 aromatic rings. The Morgan fingerprint density at radius 3 is 2.56 bits per heavy atom. The van der Waals surface area contributed by atoms with E-state index in [1.54, 1.807) is 18.2 Å². The third kappa shape index (κ3) is 5.95. The molecule has 3 aromatic carbocycles. The Hall–Kier alpha value is -4.63.